The van der Waals surface area contributed by atoms with Crippen LogP contribution < -0.4 is 14.8 Å². The molecular formula is C22H23ClOSi. The first-order valence-electron chi connectivity index (χ1n) is 8.50. The minimum absolute atomic E-state index is 0.0745. The van der Waals surface area contributed by atoms with Gasteiger partial charge in [0.05, 0.1) is 5.02 Å². The fraction of sp³-hybridized carbons (Fsp3) is 0.182. The monoisotopic (exact) mass is 366 g/mol. The molecule has 0 unspecified atom stereocenters. The van der Waals surface area contributed by atoms with Gasteiger partial charge in [-0.2, -0.15) is 0 Å². The molecule has 0 spiro atoms. The van der Waals surface area contributed by atoms with Crippen molar-refractivity contribution in [3.05, 3.63) is 90.0 Å². The van der Waals surface area contributed by atoms with Crippen LogP contribution in [0.25, 0.3) is 0 Å². The van der Waals surface area contributed by atoms with Crippen LogP contribution in [-0.4, -0.2) is 8.32 Å². The largest absolute Gasteiger partial charge is 0.533 e. The topological polar surface area (TPSA) is 9.23 Å². The molecule has 0 heterocycles. The average Bonchev–Trinajstić information content (AvgIpc) is 2.61. The summed E-state index contributed by atoms with van der Waals surface area (Å²) < 4.78 is 6.88. The highest BCUT2D eigenvalue weighted by atomic mass is 35.5. The molecule has 0 aliphatic rings. The average molecular weight is 367 g/mol. The normalized spacial score (nSPS) is 12.0. The van der Waals surface area contributed by atoms with Crippen molar-refractivity contribution in [1.82, 2.24) is 0 Å². The first-order valence-corrected chi connectivity index (χ1v) is 10.8. The molecule has 0 saturated carbocycles. The molecule has 0 aliphatic heterocycles. The molecule has 0 amide bonds. The Morgan fingerprint density at radius 2 is 1.12 bits per heavy atom. The van der Waals surface area contributed by atoms with E-state index in [1.807, 2.05) is 36.4 Å². The van der Waals surface area contributed by atoms with E-state index in [-0.39, 0.29) is 5.04 Å². The Morgan fingerprint density at radius 1 is 0.680 bits per heavy atom. The smallest absolute Gasteiger partial charge is 0.320 e. The highest BCUT2D eigenvalue weighted by Crippen LogP contribution is 2.39. The third-order valence-corrected chi connectivity index (χ3v) is 9.76. The lowest BCUT2D eigenvalue weighted by atomic mass is 10.2. The van der Waals surface area contributed by atoms with Crippen LogP contribution in [0.15, 0.2) is 84.9 Å². The molecule has 3 aromatic rings. The van der Waals surface area contributed by atoms with Crippen LogP contribution in [0.3, 0.4) is 0 Å². The highest BCUT2D eigenvalue weighted by molar-refractivity contribution is 7.00. The standard InChI is InChI=1S/C22H23ClOSi/c1-22(2,3)25(18-12-6-4-7-13-18,19-14-8-5-9-15-19)24-21-17-11-10-16-20(21)23/h4-17H,1-3H3. The second kappa shape index (κ2) is 7.07. The van der Waals surface area contributed by atoms with Crippen LogP contribution in [0.4, 0.5) is 0 Å². The molecule has 0 atom stereocenters. The number of hydrogen-bond donors (Lipinski definition) is 0. The van der Waals surface area contributed by atoms with Gasteiger partial charge in [0, 0.05) is 0 Å². The molecule has 0 radical (unpaired) electrons. The van der Waals surface area contributed by atoms with Crippen molar-refractivity contribution in [3.63, 3.8) is 0 Å². The van der Waals surface area contributed by atoms with Crippen molar-refractivity contribution in [1.29, 1.82) is 0 Å². The fourth-order valence-corrected chi connectivity index (χ4v) is 8.02. The number of benzene rings is 3. The van der Waals surface area contributed by atoms with Crippen molar-refractivity contribution in [2.24, 2.45) is 0 Å². The molecule has 3 heteroatoms. The molecule has 0 saturated heterocycles. The van der Waals surface area contributed by atoms with Crippen LogP contribution in [0.2, 0.25) is 10.1 Å². The van der Waals surface area contributed by atoms with E-state index >= 15 is 0 Å². The van der Waals surface area contributed by atoms with E-state index in [9.17, 15) is 0 Å². The number of rotatable bonds is 4. The van der Waals surface area contributed by atoms with Crippen molar-refractivity contribution in [3.8, 4) is 5.75 Å². The van der Waals surface area contributed by atoms with E-state index in [0.717, 1.165) is 5.75 Å². The lowest BCUT2D eigenvalue weighted by Gasteiger charge is -2.43. The lowest BCUT2D eigenvalue weighted by molar-refractivity contribution is 0.508. The van der Waals surface area contributed by atoms with Gasteiger partial charge in [-0.05, 0) is 27.5 Å². The Morgan fingerprint density at radius 3 is 1.56 bits per heavy atom. The van der Waals surface area contributed by atoms with Crippen LogP contribution in [0.1, 0.15) is 20.8 Å². The molecule has 25 heavy (non-hydrogen) atoms. The van der Waals surface area contributed by atoms with E-state index in [2.05, 4.69) is 69.3 Å². The van der Waals surface area contributed by atoms with E-state index < -0.39 is 8.32 Å². The van der Waals surface area contributed by atoms with Crippen LogP contribution in [0, 0.1) is 0 Å². The Kier molecular flexibility index (Phi) is 5.03. The third-order valence-electron chi connectivity index (χ3n) is 4.52. The molecular weight excluding hydrogens is 344 g/mol. The first kappa shape index (κ1) is 17.8. The molecule has 0 aromatic heterocycles. The van der Waals surface area contributed by atoms with Gasteiger partial charge in [-0.25, -0.2) is 0 Å². The van der Waals surface area contributed by atoms with E-state index in [0.29, 0.717) is 5.02 Å². The maximum Gasteiger partial charge on any atom is 0.320 e. The molecule has 0 fully saturated rings. The molecule has 0 aliphatic carbocycles. The zero-order valence-electron chi connectivity index (χ0n) is 14.9. The molecule has 1 nitrogen and oxygen atoms in total. The predicted molar refractivity (Wildman–Crippen MR) is 110 cm³/mol. The van der Waals surface area contributed by atoms with Gasteiger partial charge in [-0.3, -0.25) is 0 Å². The van der Waals surface area contributed by atoms with Gasteiger partial charge in [0.2, 0.25) is 0 Å². The second-order valence-corrected chi connectivity index (χ2v) is 11.8. The molecule has 0 N–H and O–H groups in total. The summed E-state index contributed by atoms with van der Waals surface area (Å²) in [4.78, 5) is 0. The van der Waals surface area contributed by atoms with Gasteiger partial charge in [0.25, 0.3) is 0 Å². The van der Waals surface area contributed by atoms with Crippen molar-refractivity contribution < 1.29 is 4.43 Å². The summed E-state index contributed by atoms with van der Waals surface area (Å²) in [5.41, 5.74) is 0. The van der Waals surface area contributed by atoms with Crippen LogP contribution in [-0.2, 0) is 0 Å². The Labute approximate surface area is 156 Å². The van der Waals surface area contributed by atoms with Crippen molar-refractivity contribution in [2.75, 3.05) is 0 Å². The van der Waals surface area contributed by atoms with Crippen LogP contribution in [0.5, 0.6) is 5.75 Å². The number of halogens is 1. The minimum atomic E-state index is -2.61. The van der Waals surface area contributed by atoms with Crippen LogP contribution >= 0.6 is 11.6 Å². The van der Waals surface area contributed by atoms with E-state index in [4.69, 9.17) is 16.0 Å². The Hall–Kier alpha value is -2.03. The maximum absolute atomic E-state index is 6.88. The summed E-state index contributed by atoms with van der Waals surface area (Å²) in [5.74, 6) is 0.749. The second-order valence-electron chi connectivity index (χ2n) is 7.20. The van der Waals surface area contributed by atoms with Gasteiger partial charge in [-0.15, -0.1) is 0 Å². The summed E-state index contributed by atoms with van der Waals surface area (Å²) in [7, 11) is -2.61. The predicted octanol–water partition coefficient (Wildman–Crippen LogP) is 5.28. The van der Waals surface area contributed by atoms with Gasteiger partial charge in [-0.1, -0.05) is 105 Å². The van der Waals surface area contributed by atoms with Gasteiger partial charge < -0.3 is 4.43 Å². The summed E-state index contributed by atoms with van der Waals surface area (Å²) in [6.45, 7) is 6.78. The van der Waals surface area contributed by atoms with Gasteiger partial charge >= 0.3 is 8.32 Å². The summed E-state index contributed by atoms with van der Waals surface area (Å²) in [6.07, 6.45) is 0. The number of para-hydroxylation sites is 1. The first-order chi connectivity index (χ1) is 11.9. The van der Waals surface area contributed by atoms with Gasteiger partial charge in [0.15, 0.2) is 0 Å². The minimum Gasteiger partial charge on any atom is -0.533 e. The third kappa shape index (κ3) is 3.37. The van der Waals surface area contributed by atoms with E-state index in [1.165, 1.54) is 10.4 Å². The maximum atomic E-state index is 6.88. The molecule has 3 rings (SSSR count). The number of hydrogen-bond acceptors (Lipinski definition) is 1. The van der Waals surface area contributed by atoms with Crippen molar-refractivity contribution in [2.45, 2.75) is 25.8 Å². The molecule has 0 bridgehead atoms. The SMILES string of the molecule is CC(C)(C)[Si](Oc1ccccc1Cl)(c1ccccc1)c1ccccc1. The van der Waals surface area contributed by atoms with Crippen molar-refractivity contribution >= 4 is 30.3 Å². The Balaban J connectivity index is 2.28. The van der Waals surface area contributed by atoms with Gasteiger partial charge in [0.1, 0.15) is 5.75 Å². The molecule has 128 valence electrons. The fourth-order valence-electron chi connectivity index (χ4n) is 3.34. The van der Waals surface area contributed by atoms with E-state index in [1.54, 1.807) is 0 Å². The summed E-state index contributed by atoms with van der Waals surface area (Å²) in [5, 5.41) is 3.06. The Bertz CT molecular complexity index is 786. The zero-order chi connectivity index (χ0) is 17.9. The quantitative estimate of drug-likeness (QED) is 0.571. The molecule has 3 aromatic carbocycles. The lowest BCUT2D eigenvalue weighted by Crippen LogP contribution is -2.68. The summed E-state index contributed by atoms with van der Waals surface area (Å²) >= 11 is 6.45. The zero-order valence-corrected chi connectivity index (χ0v) is 16.6. The highest BCUT2D eigenvalue weighted by Gasteiger charge is 2.52. The summed E-state index contributed by atoms with van der Waals surface area (Å²) in [6, 6.07) is 28.9.